The fourth-order valence-corrected chi connectivity index (χ4v) is 3.49. The summed E-state index contributed by atoms with van der Waals surface area (Å²) in [5.74, 6) is -1.06. The van der Waals surface area contributed by atoms with Crippen LogP contribution in [-0.2, 0) is 14.3 Å². The highest BCUT2D eigenvalue weighted by molar-refractivity contribution is 9.10. The Hall–Kier alpha value is -2.19. The topological polar surface area (TPSA) is 82.4 Å². The van der Waals surface area contributed by atoms with Gasteiger partial charge in [-0.3, -0.25) is 14.6 Å². The number of hydrazone groups is 1. The van der Waals surface area contributed by atoms with E-state index in [1.807, 2.05) is 18.2 Å². The molecule has 0 radical (unpaired) electrons. The highest BCUT2D eigenvalue weighted by Gasteiger charge is 2.28. The fraction of sp³-hybridized carbons (Fsp3) is 0.353. The molecule has 0 spiro atoms. The first kappa shape index (κ1) is 17.6. The summed E-state index contributed by atoms with van der Waals surface area (Å²) in [4.78, 5) is 25.5. The Bertz CT molecular complexity index is 756. The zero-order valence-corrected chi connectivity index (χ0v) is 15.2. The van der Waals surface area contributed by atoms with E-state index in [2.05, 4.69) is 27.6 Å². The van der Waals surface area contributed by atoms with Gasteiger partial charge in [0, 0.05) is 28.7 Å². The lowest BCUT2D eigenvalue weighted by Crippen LogP contribution is -2.45. The second-order valence-electron chi connectivity index (χ2n) is 5.78. The Balaban J connectivity index is 1.88. The molecule has 1 amide bonds. The Morgan fingerprint density at radius 2 is 2.04 bits per heavy atom. The summed E-state index contributed by atoms with van der Waals surface area (Å²) in [7, 11) is 0. The lowest BCUT2D eigenvalue weighted by atomic mass is 9.97. The number of hydrogen-bond acceptors (Lipinski definition) is 5. The van der Waals surface area contributed by atoms with Gasteiger partial charge in [-0.15, -0.1) is 0 Å². The van der Waals surface area contributed by atoms with Crippen LogP contribution in [0.15, 0.2) is 34.4 Å². The normalized spacial score (nSPS) is 17.2. The third-order valence-electron chi connectivity index (χ3n) is 4.13. The molecule has 7 nitrogen and oxygen atoms in total. The molecule has 0 bridgehead atoms. The molecule has 2 aliphatic rings. The molecule has 0 aromatic heterocycles. The molecule has 25 heavy (non-hydrogen) atoms. The molecule has 2 aliphatic heterocycles. The number of carbonyl (C=O) groups excluding carboxylic acids is 1. The summed E-state index contributed by atoms with van der Waals surface area (Å²) in [6.45, 7) is 6.21. The first-order chi connectivity index (χ1) is 12.0. The van der Waals surface area contributed by atoms with Crippen molar-refractivity contribution in [1.82, 2.24) is 9.91 Å². The highest BCUT2D eigenvalue weighted by atomic mass is 79.9. The Morgan fingerprint density at radius 3 is 2.72 bits per heavy atom. The van der Waals surface area contributed by atoms with Gasteiger partial charge in [-0.1, -0.05) is 34.6 Å². The largest absolute Gasteiger partial charge is 0.481 e. The van der Waals surface area contributed by atoms with Crippen LogP contribution >= 0.6 is 15.9 Å². The number of carbonyl (C=O) groups is 2. The lowest BCUT2D eigenvalue weighted by molar-refractivity contribution is -0.136. The van der Waals surface area contributed by atoms with Crippen molar-refractivity contribution in [2.75, 3.05) is 32.8 Å². The van der Waals surface area contributed by atoms with Gasteiger partial charge in [0.1, 0.15) is 6.54 Å². The van der Waals surface area contributed by atoms with Gasteiger partial charge >= 0.3 is 5.97 Å². The maximum atomic E-state index is 12.5. The molecule has 3 rings (SSSR count). The van der Waals surface area contributed by atoms with Crippen molar-refractivity contribution in [2.45, 2.75) is 6.42 Å². The average molecular weight is 408 g/mol. The third kappa shape index (κ3) is 3.74. The highest BCUT2D eigenvalue weighted by Crippen LogP contribution is 2.33. The van der Waals surface area contributed by atoms with Crippen LogP contribution in [0.3, 0.4) is 0 Å². The fourth-order valence-electron chi connectivity index (χ4n) is 2.89. The van der Waals surface area contributed by atoms with E-state index in [0.29, 0.717) is 43.3 Å². The van der Waals surface area contributed by atoms with Gasteiger partial charge in [-0.05, 0) is 6.07 Å². The van der Waals surface area contributed by atoms with E-state index in [9.17, 15) is 14.7 Å². The van der Waals surface area contributed by atoms with Crippen molar-refractivity contribution >= 4 is 39.2 Å². The van der Waals surface area contributed by atoms with Crippen LogP contribution in [0, 0.1) is 0 Å². The SMILES string of the molecule is C=C1c2cccc(Br)c2C(CC(=O)O)=NN1CC(=O)N1CCOCC1. The van der Waals surface area contributed by atoms with Gasteiger partial charge in [0.2, 0.25) is 5.91 Å². The second-order valence-corrected chi connectivity index (χ2v) is 6.63. The number of carboxylic acid groups (broad SMARTS) is 1. The van der Waals surface area contributed by atoms with Crippen LogP contribution < -0.4 is 0 Å². The first-order valence-electron chi connectivity index (χ1n) is 7.88. The number of nitrogens with zero attached hydrogens (tertiary/aromatic N) is 3. The zero-order chi connectivity index (χ0) is 18.0. The Labute approximate surface area is 153 Å². The van der Waals surface area contributed by atoms with Gasteiger partial charge in [0.15, 0.2) is 0 Å². The number of rotatable bonds is 4. The molecule has 1 N–H and O–H groups in total. The smallest absolute Gasteiger partial charge is 0.309 e. The molecule has 1 fully saturated rings. The number of amides is 1. The van der Waals surface area contributed by atoms with Crippen LogP contribution in [0.1, 0.15) is 17.5 Å². The summed E-state index contributed by atoms with van der Waals surface area (Å²) in [5.41, 5.74) is 2.46. The van der Waals surface area contributed by atoms with Crippen molar-refractivity contribution < 1.29 is 19.4 Å². The van der Waals surface area contributed by atoms with Gasteiger partial charge < -0.3 is 14.7 Å². The summed E-state index contributed by atoms with van der Waals surface area (Å²) in [6.07, 6.45) is -0.231. The van der Waals surface area contributed by atoms with Crippen LogP contribution in [0.2, 0.25) is 0 Å². The molecule has 1 aromatic rings. The van der Waals surface area contributed by atoms with E-state index < -0.39 is 5.97 Å². The number of carboxylic acids is 1. The standard InChI is InChI=1S/C17H18BrN3O4/c1-11-12-3-2-4-13(18)17(12)14(9-16(23)24)19-21(11)10-15(22)20-5-7-25-8-6-20/h2-4H,1,5-10H2,(H,23,24). The Kier molecular flexibility index (Phi) is 5.19. The molecule has 132 valence electrons. The number of benzene rings is 1. The molecule has 1 aromatic carbocycles. The van der Waals surface area contributed by atoms with Crippen LogP contribution in [0.4, 0.5) is 0 Å². The number of morpholine rings is 1. The minimum absolute atomic E-state index is 0.0217. The monoisotopic (exact) mass is 407 g/mol. The van der Waals surface area contributed by atoms with Crippen molar-refractivity contribution in [3.8, 4) is 0 Å². The number of fused-ring (bicyclic) bond motifs is 1. The molecule has 0 saturated carbocycles. The van der Waals surface area contributed by atoms with Crippen molar-refractivity contribution in [2.24, 2.45) is 5.10 Å². The van der Waals surface area contributed by atoms with E-state index in [1.54, 1.807) is 4.90 Å². The summed E-state index contributed by atoms with van der Waals surface area (Å²) in [5, 5.41) is 15.1. The predicted molar refractivity (Wildman–Crippen MR) is 96.1 cm³/mol. The number of ether oxygens (including phenoxy) is 1. The molecule has 8 heteroatoms. The van der Waals surface area contributed by atoms with E-state index in [-0.39, 0.29) is 18.9 Å². The summed E-state index contributed by atoms with van der Waals surface area (Å²) in [6, 6.07) is 5.53. The number of hydrogen-bond donors (Lipinski definition) is 1. The molecule has 2 heterocycles. The minimum Gasteiger partial charge on any atom is -0.481 e. The zero-order valence-electron chi connectivity index (χ0n) is 13.6. The number of aliphatic carboxylic acids is 1. The van der Waals surface area contributed by atoms with Gasteiger partial charge in [0.05, 0.1) is 31.0 Å². The van der Waals surface area contributed by atoms with Gasteiger partial charge in [-0.25, -0.2) is 0 Å². The first-order valence-corrected chi connectivity index (χ1v) is 8.67. The van der Waals surface area contributed by atoms with Crippen molar-refractivity contribution in [3.63, 3.8) is 0 Å². The van der Waals surface area contributed by atoms with Crippen molar-refractivity contribution in [3.05, 3.63) is 40.4 Å². The van der Waals surface area contributed by atoms with Crippen LogP contribution in [0.25, 0.3) is 5.70 Å². The molecule has 0 unspecified atom stereocenters. The minimum atomic E-state index is -0.979. The quantitative estimate of drug-likeness (QED) is 0.822. The summed E-state index contributed by atoms with van der Waals surface area (Å²) < 4.78 is 6.01. The molecule has 0 atom stereocenters. The average Bonchev–Trinajstić information content (AvgIpc) is 2.59. The van der Waals surface area contributed by atoms with Crippen molar-refractivity contribution in [1.29, 1.82) is 0 Å². The Morgan fingerprint density at radius 1 is 1.32 bits per heavy atom. The molecular weight excluding hydrogens is 390 g/mol. The molecule has 1 saturated heterocycles. The molecular formula is C17H18BrN3O4. The predicted octanol–water partition coefficient (Wildman–Crippen LogP) is 1.77. The van der Waals surface area contributed by atoms with Gasteiger partial charge in [0.25, 0.3) is 0 Å². The molecule has 0 aliphatic carbocycles. The van der Waals surface area contributed by atoms with Crippen LogP contribution in [0.5, 0.6) is 0 Å². The maximum Gasteiger partial charge on any atom is 0.309 e. The van der Waals surface area contributed by atoms with Crippen LogP contribution in [-0.4, -0.2) is 65.5 Å². The third-order valence-corrected chi connectivity index (χ3v) is 4.79. The summed E-state index contributed by atoms with van der Waals surface area (Å²) >= 11 is 3.45. The van der Waals surface area contributed by atoms with E-state index in [4.69, 9.17) is 4.74 Å². The van der Waals surface area contributed by atoms with E-state index in [1.165, 1.54) is 5.01 Å². The lowest BCUT2D eigenvalue weighted by Gasteiger charge is -2.32. The van der Waals surface area contributed by atoms with Gasteiger partial charge in [-0.2, -0.15) is 5.10 Å². The maximum absolute atomic E-state index is 12.5. The number of halogens is 1. The van der Waals surface area contributed by atoms with E-state index >= 15 is 0 Å². The van der Waals surface area contributed by atoms with E-state index in [0.717, 1.165) is 10.0 Å². The second kappa shape index (κ2) is 7.37.